The van der Waals surface area contributed by atoms with Crippen LogP contribution in [-0.4, -0.2) is 36.1 Å². The molecule has 3 fully saturated rings. The lowest BCUT2D eigenvalue weighted by atomic mass is 9.81. The van der Waals surface area contributed by atoms with Crippen LogP contribution in [0.5, 0.6) is 0 Å². The average molecular weight is 293 g/mol. The Hall–Kier alpha value is -0.0800. The van der Waals surface area contributed by atoms with E-state index in [-0.39, 0.29) is 0 Å². The second kappa shape index (κ2) is 7.97. The fourth-order valence-electron chi connectivity index (χ4n) is 5.16. The molecule has 1 saturated heterocycles. The van der Waals surface area contributed by atoms with Gasteiger partial charge in [0.2, 0.25) is 0 Å². The molecule has 1 N–H and O–H groups in total. The lowest BCUT2D eigenvalue weighted by Crippen LogP contribution is -2.61. The number of nitrogens with zero attached hydrogens (tertiary/aromatic N) is 1. The summed E-state index contributed by atoms with van der Waals surface area (Å²) in [6.45, 7) is 4.96. The Kier molecular flexibility index (Phi) is 5.99. The Morgan fingerprint density at radius 1 is 0.905 bits per heavy atom. The second-order valence-corrected chi connectivity index (χ2v) is 7.84. The molecular weight excluding hydrogens is 256 g/mol. The van der Waals surface area contributed by atoms with Gasteiger partial charge in [-0.1, -0.05) is 51.9 Å². The van der Waals surface area contributed by atoms with Crippen molar-refractivity contribution in [3.63, 3.8) is 0 Å². The van der Waals surface area contributed by atoms with Crippen LogP contribution in [0.3, 0.4) is 0 Å². The third kappa shape index (κ3) is 4.01. The standard InChI is InChI=1S/C19H36N2/c1-2-9-18-14-20-19(16-10-5-3-6-11-16)15-21(18)17-12-7-4-8-13-17/h16-20H,2-15H2,1H3. The zero-order valence-corrected chi connectivity index (χ0v) is 14.2. The van der Waals surface area contributed by atoms with Gasteiger partial charge in [-0.2, -0.15) is 0 Å². The molecule has 1 heterocycles. The molecule has 122 valence electrons. The highest BCUT2D eigenvalue weighted by atomic mass is 15.3. The van der Waals surface area contributed by atoms with Crippen LogP contribution in [0.25, 0.3) is 0 Å². The topological polar surface area (TPSA) is 15.3 Å². The van der Waals surface area contributed by atoms with Crippen molar-refractivity contribution >= 4 is 0 Å². The zero-order chi connectivity index (χ0) is 14.5. The minimum absolute atomic E-state index is 0.792. The van der Waals surface area contributed by atoms with Crippen LogP contribution in [0.4, 0.5) is 0 Å². The first-order valence-electron chi connectivity index (χ1n) is 9.87. The fraction of sp³-hybridized carbons (Fsp3) is 1.00. The first-order chi connectivity index (χ1) is 10.4. The Morgan fingerprint density at radius 3 is 2.24 bits per heavy atom. The molecule has 1 aliphatic heterocycles. The largest absolute Gasteiger partial charge is 0.311 e. The van der Waals surface area contributed by atoms with Crippen molar-refractivity contribution in [2.75, 3.05) is 13.1 Å². The third-order valence-electron chi connectivity index (χ3n) is 6.38. The molecule has 2 saturated carbocycles. The van der Waals surface area contributed by atoms with E-state index in [1.807, 2.05) is 0 Å². The molecule has 0 aromatic rings. The molecule has 2 heteroatoms. The van der Waals surface area contributed by atoms with E-state index < -0.39 is 0 Å². The fourth-order valence-corrected chi connectivity index (χ4v) is 5.16. The van der Waals surface area contributed by atoms with Crippen molar-refractivity contribution in [1.29, 1.82) is 0 Å². The van der Waals surface area contributed by atoms with Crippen LogP contribution in [0, 0.1) is 5.92 Å². The quantitative estimate of drug-likeness (QED) is 0.829. The Balaban J connectivity index is 1.62. The molecule has 3 rings (SSSR count). The van der Waals surface area contributed by atoms with Crippen molar-refractivity contribution in [3.8, 4) is 0 Å². The van der Waals surface area contributed by atoms with Crippen molar-refractivity contribution in [2.45, 2.75) is 102 Å². The van der Waals surface area contributed by atoms with E-state index in [9.17, 15) is 0 Å². The molecule has 0 radical (unpaired) electrons. The molecule has 21 heavy (non-hydrogen) atoms. The number of nitrogens with one attached hydrogen (secondary N) is 1. The first kappa shape index (κ1) is 15.8. The van der Waals surface area contributed by atoms with Gasteiger partial charge in [0.1, 0.15) is 0 Å². The van der Waals surface area contributed by atoms with Gasteiger partial charge in [0.15, 0.2) is 0 Å². The number of hydrogen-bond donors (Lipinski definition) is 1. The average Bonchev–Trinajstić information content (AvgIpc) is 2.57. The lowest BCUT2D eigenvalue weighted by molar-refractivity contribution is 0.0384. The normalized spacial score (nSPS) is 34.1. The summed E-state index contributed by atoms with van der Waals surface area (Å²) >= 11 is 0. The van der Waals surface area contributed by atoms with E-state index in [0.717, 1.165) is 24.0 Å². The summed E-state index contributed by atoms with van der Waals surface area (Å²) < 4.78 is 0. The van der Waals surface area contributed by atoms with Gasteiger partial charge in [-0.25, -0.2) is 0 Å². The first-order valence-corrected chi connectivity index (χ1v) is 9.87. The maximum atomic E-state index is 3.95. The molecule has 2 nitrogen and oxygen atoms in total. The predicted octanol–water partition coefficient (Wildman–Crippen LogP) is 4.34. The molecule has 2 atom stereocenters. The van der Waals surface area contributed by atoms with Crippen LogP contribution in [-0.2, 0) is 0 Å². The summed E-state index contributed by atoms with van der Waals surface area (Å²) in [7, 11) is 0. The van der Waals surface area contributed by atoms with Gasteiger partial charge in [-0.05, 0) is 38.0 Å². The van der Waals surface area contributed by atoms with Crippen LogP contribution >= 0.6 is 0 Å². The molecule has 2 aliphatic carbocycles. The van der Waals surface area contributed by atoms with Gasteiger partial charge in [0.05, 0.1) is 0 Å². The van der Waals surface area contributed by atoms with Gasteiger partial charge in [-0.15, -0.1) is 0 Å². The Labute approximate surface area is 132 Å². The summed E-state index contributed by atoms with van der Waals surface area (Å²) in [6, 6.07) is 2.52. The van der Waals surface area contributed by atoms with E-state index in [2.05, 4.69) is 17.1 Å². The summed E-state index contributed by atoms with van der Waals surface area (Å²) in [6.07, 6.45) is 17.5. The molecule has 2 unspecified atom stereocenters. The molecule has 0 amide bonds. The molecule has 0 bridgehead atoms. The minimum Gasteiger partial charge on any atom is -0.311 e. The summed E-state index contributed by atoms with van der Waals surface area (Å²) in [5.74, 6) is 0.965. The second-order valence-electron chi connectivity index (χ2n) is 7.84. The van der Waals surface area contributed by atoms with E-state index in [1.165, 1.54) is 90.1 Å². The molecule has 3 aliphatic rings. The van der Waals surface area contributed by atoms with E-state index in [0.29, 0.717) is 0 Å². The van der Waals surface area contributed by atoms with Gasteiger partial charge >= 0.3 is 0 Å². The summed E-state index contributed by atoms with van der Waals surface area (Å²) in [5, 5.41) is 3.95. The van der Waals surface area contributed by atoms with Crippen LogP contribution < -0.4 is 5.32 Å². The van der Waals surface area contributed by atoms with Gasteiger partial charge in [0, 0.05) is 31.2 Å². The summed E-state index contributed by atoms with van der Waals surface area (Å²) in [4.78, 5) is 2.96. The number of rotatable bonds is 4. The highest BCUT2D eigenvalue weighted by Gasteiger charge is 2.35. The van der Waals surface area contributed by atoms with Crippen molar-refractivity contribution in [1.82, 2.24) is 10.2 Å². The Bertz CT molecular complexity index is 287. The molecule has 0 aromatic heterocycles. The Morgan fingerprint density at radius 2 is 1.57 bits per heavy atom. The number of hydrogen-bond acceptors (Lipinski definition) is 2. The maximum Gasteiger partial charge on any atom is 0.0224 e. The minimum atomic E-state index is 0.792. The van der Waals surface area contributed by atoms with Gasteiger partial charge in [0.25, 0.3) is 0 Å². The van der Waals surface area contributed by atoms with Crippen molar-refractivity contribution in [3.05, 3.63) is 0 Å². The van der Waals surface area contributed by atoms with E-state index in [1.54, 1.807) is 0 Å². The van der Waals surface area contributed by atoms with Crippen LogP contribution in [0.2, 0.25) is 0 Å². The SMILES string of the molecule is CCCC1CNC(C2CCCCC2)CN1C1CCCCC1. The van der Waals surface area contributed by atoms with Crippen LogP contribution in [0.1, 0.15) is 84.0 Å². The highest BCUT2D eigenvalue weighted by molar-refractivity contribution is 4.93. The molecular formula is C19H36N2. The zero-order valence-electron chi connectivity index (χ0n) is 14.2. The van der Waals surface area contributed by atoms with E-state index >= 15 is 0 Å². The van der Waals surface area contributed by atoms with Gasteiger partial charge < -0.3 is 5.32 Å². The molecule has 0 spiro atoms. The smallest absolute Gasteiger partial charge is 0.0224 e. The monoisotopic (exact) mass is 292 g/mol. The maximum absolute atomic E-state index is 3.95. The van der Waals surface area contributed by atoms with Crippen molar-refractivity contribution < 1.29 is 0 Å². The van der Waals surface area contributed by atoms with Gasteiger partial charge in [-0.3, -0.25) is 4.90 Å². The lowest BCUT2D eigenvalue weighted by Gasteiger charge is -2.48. The van der Waals surface area contributed by atoms with Crippen LogP contribution in [0.15, 0.2) is 0 Å². The number of piperazine rings is 1. The predicted molar refractivity (Wildman–Crippen MR) is 90.6 cm³/mol. The third-order valence-corrected chi connectivity index (χ3v) is 6.38. The molecule has 0 aromatic carbocycles. The van der Waals surface area contributed by atoms with E-state index in [4.69, 9.17) is 0 Å². The summed E-state index contributed by atoms with van der Waals surface area (Å²) in [5.41, 5.74) is 0. The highest BCUT2D eigenvalue weighted by Crippen LogP contribution is 2.32. The van der Waals surface area contributed by atoms with Crippen molar-refractivity contribution in [2.24, 2.45) is 5.92 Å².